The van der Waals surface area contributed by atoms with Gasteiger partial charge in [0.1, 0.15) is 11.5 Å². The summed E-state index contributed by atoms with van der Waals surface area (Å²) in [4.78, 5) is 31.3. The highest BCUT2D eigenvalue weighted by atomic mass is 16.2. The van der Waals surface area contributed by atoms with E-state index in [1.165, 1.54) is 0 Å². The molecule has 1 unspecified atom stereocenters. The lowest BCUT2D eigenvalue weighted by Gasteiger charge is -2.26. The number of amides is 2. The predicted octanol–water partition coefficient (Wildman–Crippen LogP) is 0.674. The van der Waals surface area contributed by atoms with Crippen molar-refractivity contribution in [1.29, 1.82) is 0 Å². The second-order valence-electron chi connectivity index (χ2n) is 5.65. The molecular formula is C15H21N4O2. The molecule has 0 saturated carbocycles. The van der Waals surface area contributed by atoms with Crippen LogP contribution in [0.15, 0.2) is 12.1 Å². The Morgan fingerprint density at radius 1 is 1.52 bits per heavy atom. The highest BCUT2D eigenvalue weighted by Gasteiger charge is 2.30. The highest BCUT2D eigenvalue weighted by molar-refractivity contribution is 5.90. The maximum Gasteiger partial charge on any atom is 0.268 e. The van der Waals surface area contributed by atoms with Gasteiger partial charge in [0, 0.05) is 32.1 Å². The molecule has 1 radical (unpaired) electrons. The van der Waals surface area contributed by atoms with Gasteiger partial charge < -0.3 is 15.5 Å². The Labute approximate surface area is 124 Å². The molecule has 1 aliphatic heterocycles. The van der Waals surface area contributed by atoms with Crippen LogP contribution in [0.3, 0.4) is 0 Å². The molecule has 0 aromatic carbocycles. The minimum atomic E-state index is -0.584. The zero-order valence-electron chi connectivity index (χ0n) is 12.7. The second-order valence-corrected chi connectivity index (χ2v) is 5.65. The minimum absolute atomic E-state index is 0.00466. The average Bonchev–Trinajstić information content (AvgIpc) is 2.95. The van der Waals surface area contributed by atoms with Gasteiger partial charge in [-0.1, -0.05) is 13.8 Å². The molecule has 1 atom stereocenters. The van der Waals surface area contributed by atoms with E-state index in [1.807, 2.05) is 25.8 Å². The van der Waals surface area contributed by atoms with Crippen molar-refractivity contribution in [1.82, 2.24) is 9.88 Å². The Kier molecular flexibility index (Phi) is 4.45. The van der Waals surface area contributed by atoms with Crippen molar-refractivity contribution >= 4 is 17.6 Å². The van der Waals surface area contributed by atoms with Gasteiger partial charge in [-0.3, -0.25) is 9.59 Å². The summed E-state index contributed by atoms with van der Waals surface area (Å²) >= 11 is 0. The van der Waals surface area contributed by atoms with Crippen LogP contribution in [0.5, 0.6) is 0 Å². The molecule has 0 spiro atoms. The standard InChI is InChI=1S/C15H21N4O2/c1-10(2)15(21)18(3)11-7-8-19(9-11)13-6-4-5-12(17-13)14(16)20/h4,6,10-11H,7-9H2,1-3H3,(H2,16,20). The van der Waals surface area contributed by atoms with Crippen molar-refractivity contribution in [2.45, 2.75) is 26.3 Å². The lowest BCUT2D eigenvalue weighted by atomic mass is 10.1. The molecule has 2 amide bonds. The first kappa shape index (κ1) is 15.3. The molecule has 6 nitrogen and oxygen atoms in total. The van der Waals surface area contributed by atoms with Crippen molar-refractivity contribution in [2.24, 2.45) is 11.7 Å². The summed E-state index contributed by atoms with van der Waals surface area (Å²) in [7, 11) is 1.84. The summed E-state index contributed by atoms with van der Waals surface area (Å²) in [5.74, 6) is 0.263. The number of aromatic nitrogens is 1. The largest absolute Gasteiger partial charge is 0.364 e. The van der Waals surface area contributed by atoms with Crippen LogP contribution in [0.4, 0.5) is 5.82 Å². The first-order valence-corrected chi connectivity index (χ1v) is 7.10. The summed E-state index contributed by atoms with van der Waals surface area (Å²) in [6, 6.07) is 6.35. The highest BCUT2D eigenvalue weighted by Crippen LogP contribution is 2.21. The molecule has 1 aliphatic rings. The number of nitrogens with zero attached hydrogens (tertiary/aromatic N) is 3. The normalized spacial score (nSPS) is 18.1. The second kappa shape index (κ2) is 6.11. The van der Waals surface area contributed by atoms with Crippen molar-refractivity contribution in [2.75, 3.05) is 25.0 Å². The third-order valence-corrected chi connectivity index (χ3v) is 3.79. The van der Waals surface area contributed by atoms with Crippen molar-refractivity contribution in [3.63, 3.8) is 0 Å². The van der Waals surface area contributed by atoms with E-state index in [-0.39, 0.29) is 23.6 Å². The van der Waals surface area contributed by atoms with Crippen molar-refractivity contribution in [3.05, 3.63) is 23.9 Å². The molecule has 2 N–H and O–H groups in total. The fourth-order valence-corrected chi connectivity index (χ4v) is 2.53. The van der Waals surface area contributed by atoms with E-state index >= 15 is 0 Å². The molecule has 2 heterocycles. The lowest BCUT2D eigenvalue weighted by molar-refractivity contribution is -0.134. The molecule has 0 bridgehead atoms. The fourth-order valence-electron chi connectivity index (χ4n) is 2.53. The molecule has 1 fully saturated rings. The first-order chi connectivity index (χ1) is 9.90. The number of likely N-dealkylation sites (N-methyl/N-ethyl adjacent to an activating group) is 1. The lowest BCUT2D eigenvalue weighted by Crippen LogP contribution is -2.41. The fraction of sp³-hybridized carbons (Fsp3) is 0.533. The molecule has 0 aliphatic carbocycles. The molecule has 1 aromatic heterocycles. The zero-order valence-corrected chi connectivity index (χ0v) is 12.7. The van der Waals surface area contributed by atoms with E-state index in [0.29, 0.717) is 12.4 Å². The van der Waals surface area contributed by atoms with E-state index in [2.05, 4.69) is 16.0 Å². The number of nitrogens with two attached hydrogens (primary N) is 1. The number of carbonyl (C=O) groups is 2. The number of rotatable bonds is 4. The Bertz CT molecular complexity index is 544. The molecule has 1 aromatic rings. The number of carbonyl (C=O) groups excluding carboxylic acids is 2. The first-order valence-electron chi connectivity index (χ1n) is 7.10. The van der Waals surface area contributed by atoms with E-state index < -0.39 is 5.91 Å². The third kappa shape index (κ3) is 3.32. The Morgan fingerprint density at radius 2 is 2.24 bits per heavy atom. The van der Waals surface area contributed by atoms with Gasteiger partial charge in [-0.25, -0.2) is 4.98 Å². The Morgan fingerprint density at radius 3 is 2.86 bits per heavy atom. The molecule has 21 heavy (non-hydrogen) atoms. The van der Waals surface area contributed by atoms with E-state index in [9.17, 15) is 9.59 Å². The number of primary amides is 1. The molecule has 1 saturated heterocycles. The zero-order chi connectivity index (χ0) is 15.6. The van der Waals surface area contributed by atoms with Crippen LogP contribution in [0, 0.1) is 12.0 Å². The van der Waals surface area contributed by atoms with Crippen LogP contribution >= 0.6 is 0 Å². The smallest absolute Gasteiger partial charge is 0.268 e. The summed E-state index contributed by atoms with van der Waals surface area (Å²) in [6.07, 6.45) is 0.890. The Balaban J connectivity index is 2.07. The summed E-state index contributed by atoms with van der Waals surface area (Å²) in [5.41, 5.74) is 5.37. The summed E-state index contributed by atoms with van der Waals surface area (Å²) in [6.45, 7) is 5.32. The summed E-state index contributed by atoms with van der Waals surface area (Å²) < 4.78 is 0. The van der Waals surface area contributed by atoms with Crippen LogP contribution in [-0.4, -0.2) is 47.9 Å². The van der Waals surface area contributed by atoms with Crippen LogP contribution < -0.4 is 10.6 Å². The van der Waals surface area contributed by atoms with Crippen molar-refractivity contribution < 1.29 is 9.59 Å². The van der Waals surface area contributed by atoms with Crippen LogP contribution in [-0.2, 0) is 4.79 Å². The average molecular weight is 289 g/mol. The molecule has 6 heteroatoms. The van der Waals surface area contributed by atoms with Gasteiger partial charge in [0.05, 0.1) is 6.04 Å². The topological polar surface area (TPSA) is 79.5 Å². The summed E-state index contributed by atoms with van der Waals surface area (Å²) in [5, 5.41) is 0. The minimum Gasteiger partial charge on any atom is -0.364 e. The monoisotopic (exact) mass is 289 g/mol. The third-order valence-electron chi connectivity index (χ3n) is 3.79. The van der Waals surface area contributed by atoms with Crippen LogP contribution in [0.25, 0.3) is 0 Å². The van der Waals surface area contributed by atoms with E-state index in [4.69, 9.17) is 5.73 Å². The maximum absolute atomic E-state index is 12.0. The molecule has 2 rings (SSSR count). The quantitative estimate of drug-likeness (QED) is 0.883. The molecular weight excluding hydrogens is 268 g/mol. The maximum atomic E-state index is 12.0. The number of hydrogen-bond donors (Lipinski definition) is 1. The van der Waals surface area contributed by atoms with Gasteiger partial charge >= 0.3 is 0 Å². The number of anilines is 1. The molecule has 113 valence electrons. The van der Waals surface area contributed by atoms with E-state index in [1.54, 1.807) is 12.1 Å². The number of pyridine rings is 1. The van der Waals surface area contributed by atoms with Gasteiger partial charge in [-0.2, -0.15) is 0 Å². The van der Waals surface area contributed by atoms with Gasteiger partial charge in [0.25, 0.3) is 5.91 Å². The predicted molar refractivity (Wildman–Crippen MR) is 79.8 cm³/mol. The van der Waals surface area contributed by atoms with Gasteiger partial charge in [-0.05, 0) is 18.6 Å². The van der Waals surface area contributed by atoms with E-state index in [0.717, 1.165) is 13.0 Å². The van der Waals surface area contributed by atoms with Gasteiger partial charge in [0.15, 0.2) is 0 Å². The Hall–Kier alpha value is -2.11. The SMILES string of the molecule is CC(C)C(=O)N(C)C1CCN(c2cc[c]c(C(N)=O)n2)C1. The van der Waals surface area contributed by atoms with Crippen LogP contribution in [0.2, 0.25) is 0 Å². The van der Waals surface area contributed by atoms with Crippen molar-refractivity contribution in [3.8, 4) is 0 Å². The number of hydrogen-bond acceptors (Lipinski definition) is 4. The van der Waals surface area contributed by atoms with Crippen LogP contribution in [0.1, 0.15) is 30.8 Å². The van der Waals surface area contributed by atoms with Gasteiger partial charge in [0.2, 0.25) is 5.91 Å². The van der Waals surface area contributed by atoms with Gasteiger partial charge in [-0.15, -0.1) is 0 Å².